The molecule has 0 aliphatic carbocycles. The fraction of sp³-hybridized carbons (Fsp3) is 0.381. The summed E-state index contributed by atoms with van der Waals surface area (Å²) >= 11 is 1.08. The molecule has 2 rings (SSSR count). The molecule has 2 aromatic rings. The van der Waals surface area contributed by atoms with Gasteiger partial charge in [0.15, 0.2) is 0 Å². The van der Waals surface area contributed by atoms with Crippen LogP contribution in [-0.4, -0.2) is 3.26 Å². The molecule has 0 saturated carbocycles. The summed E-state index contributed by atoms with van der Waals surface area (Å²) in [6.07, 6.45) is 7.53. The van der Waals surface area contributed by atoms with Gasteiger partial charge in [0, 0.05) is 0 Å². The van der Waals surface area contributed by atoms with Gasteiger partial charge in [-0.1, -0.05) is 0 Å². The van der Waals surface area contributed by atoms with Gasteiger partial charge in [-0.2, -0.15) is 0 Å². The van der Waals surface area contributed by atoms with Crippen molar-refractivity contribution in [1.82, 2.24) is 0 Å². The molecule has 22 heavy (non-hydrogen) atoms. The van der Waals surface area contributed by atoms with E-state index in [9.17, 15) is 0 Å². The Morgan fingerprint density at radius 1 is 0.682 bits per heavy atom. The summed E-state index contributed by atoms with van der Waals surface area (Å²) in [5, 5.41) is 0. The monoisotopic (exact) mass is 458 g/mol. The second-order valence-electron chi connectivity index (χ2n) is 5.98. The van der Waals surface area contributed by atoms with Crippen LogP contribution in [0.4, 0.5) is 0 Å². The second kappa shape index (κ2) is 9.35. The molecule has 0 aromatic heterocycles. The zero-order valence-electron chi connectivity index (χ0n) is 13.9. The Labute approximate surface area is 150 Å². The van der Waals surface area contributed by atoms with E-state index in [2.05, 4.69) is 62.4 Å². The summed E-state index contributed by atoms with van der Waals surface area (Å²) in [6, 6.07) is 18.4. The van der Waals surface area contributed by atoms with Gasteiger partial charge in [0.1, 0.15) is 0 Å². The van der Waals surface area contributed by atoms with E-state index in [1.807, 2.05) is 0 Å². The van der Waals surface area contributed by atoms with Gasteiger partial charge in [0.05, 0.1) is 0 Å². The van der Waals surface area contributed by atoms with Crippen molar-refractivity contribution in [2.75, 3.05) is 0 Å². The van der Waals surface area contributed by atoms with Gasteiger partial charge in [-0.15, -0.1) is 0 Å². The normalized spacial score (nSPS) is 10.7. The molecule has 0 aliphatic heterocycles. The van der Waals surface area contributed by atoms with E-state index in [1.165, 1.54) is 64.0 Å². The van der Waals surface area contributed by atoms with E-state index >= 15 is 0 Å². The molecule has 0 fully saturated rings. The third-order valence-corrected chi connectivity index (χ3v) is 6.20. The van der Waals surface area contributed by atoms with E-state index in [4.69, 9.17) is 0 Å². The van der Waals surface area contributed by atoms with Gasteiger partial charge >= 0.3 is 150 Å². The SMILES string of the molecule is CCCCc1ccc([C](=[Hf+2])c2ccc(CCCC)cc2)cc1. The molecule has 1 heteroatoms. The molecule has 0 amide bonds. The second-order valence-corrected chi connectivity index (χ2v) is 7.77. The summed E-state index contributed by atoms with van der Waals surface area (Å²) in [6.45, 7) is 4.50. The third kappa shape index (κ3) is 5.12. The van der Waals surface area contributed by atoms with Crippen molar-refractivity contribution in [1.29, 1.82) is 0 Å². The van der Waals surface area contributed by atoms with Crippen LogP contribution in [0.2, 0.25) is 0 Å². The molecule has 0 N–H and O–H groups in total. The predicted molar refractivity (Wildman–Crippen MR) is 93.3 cm³/mol. The number of unbranched alkanes of at least 4 members (excludes halogenated alkanes) is 2. The van der Waals surface area contributed by atoms with E-state index in [-0.39, 0.29) is 0 Å². The topological polar surface area (TPSA) is 0 Å². The quantitative estimate of drug-likeness (QED) is 0.461. The maximum atomic E-state index is 2.30. The molecule has 0 atom stereocenters. The molecule has 0 bridgehead atoms. The van der Waals surface area contributed by atoms with Gasteiger partial charge in [-0.25, -0.2) is 0 Å². The van der Waals surface area contributed by atoms with Crippen LogP contribution in [0.3, 0.4) is 0 Å². The minimum atomic E-state index is 1.08. The van der Waals surface area contributed by atoms with E-state index in [0.29, 0.717) is 0 Å². The predicted octanol–water partition coefficient (Wildman–Crippen LogP) is 5.49. The first-order valence-corrected chi connectivity index (χ1v) is 10.3. The van der Waals surface area contributed by atoms with E-state index < -0.39 is 0 Å². The number of hydrogen-bond donors (Lipinski definition) is 0. The zero-order valence-corrected chi connectivity index (χ0v) is 17.5. The molecule has 112 valence electrons. The van der Waals surface area contributed by atoms with Crippen LogP contribution in [0.5, 0.6) is 0 Å². The van der Waals surface area contributed by atoms with Crippen molar-refractivity contribution in [3.05, 3.63) is 70.8 Å². The molecule has 0 nitrogen and oxygen atoms in total. The number of aryl methyl sites for hydroxylation is 2. The van der Waals surface area contributed by atoms with Gasteiger partial charge in [-0.3, -0.25) is 0 Å². The van der Waals surface area contributed by atoms with Gasteiger partial charge in [-0.05, 0) is 0 Å². The standard InChI is InChI=1S/C21H26.Hf/c1-3-5-7-18-9-13-20(14-10-18)17-21-15-11-19(12-16-21)8-6-4-2;/h9-16H,3-8H2,1-2H3;/q;+2. The summed E-state index contributed by atoms with van der Waals surface area (Å²) in [7, 11) is 0. The molecule has 0 heterocycles. The summed E-state index contributed by atoms with van der Waals surface area (Å²) in [4.78, 5) is 0. The Balaban J connectivity index is 2.04. The molecule has 0 unspecified atom stereocenters. The minimum absolute atomic E-state index is 1.08. The summed E-state index contributed by atoms with van der Waals surface area (Å²) < 4.78 is 1.50. The van der Waals surface area contributed by atoms with E-state index in [1.54, 1.807) is 0 Å². The van der Waals surface area contributed by atoms with Crippen LogP contribution in [0.25, 0.3) is 0 Å². The third-order valence-electron chi connectivity index (χ3n) is 4.12. The summed E-state index contributed by atoms with van der Waals surface area (Å²) in [5.41, 5.74) is 5.73. The average Bonchev–Trinajstić information content (AvgIpc) is 2.58. The fourth-order valence-electron chi connectivity index (χ4n) is 2.60. The summed E-state index contributed by atoms with van der Waals surface area (Å²) in [5.74, 6) is 0. The van der Waals surface area contributed by atoms with E-state index in [0.717, 1.165) is 23.9 Å². The Kier molecular flexibility index (Phi) is 7.45. The van der Waals surface area contributed by atoms with Crippen molar-refractivity contribution in [3.63, 3.8) is 0 Å². The van der Waals surface area contributed by atoms with Crippen LogP contribution in [0.1, 0.15) is 61.8 Å². The molecule has 0 spiro atoms. The Morgan fingerprint density at radius 3 is 1.36 bits per heavy atom. The molecular formula is C21H26Hf+2. The Bertz CT molecular complexity index is 525. The number of benzene rings is 2. The van der Waals surface area contributed by atoms with Crippen molar-refractivity contribution < 1.29 is 23.9 Å². The Hall–Kier alpha value is -0.820. The van der Waals surface area contributed by atoms with Crippen molar-refractivity contribution in [3.8, 4) is 0 Å². The molecule has 0 radical (unpaired) electrons. The average molecular weight is 457 g/mol. The number of hydrogen-bond acceptors (Lipinski definition) is 0. The van der Waals surface area contributed by atoms with Crippen LogP contribution in [0.15, 0.2) is 48.5 Å². The molecule has 2 aromatic carbocycles. The van der Waals surface area contributed by atoms with Gasteiger partial charge in [0.2, 0.25) is 0 Å². The van der Waals surface area contributed by atoms with Crippen LogP contribution >= 0.6 is 0 Å². The first-order chi connectivity index (χ1) is 10.7. The number of rotatable bonds is 8. The Morgan fingerprint density at radius 2 is 1.05 bits per heavy atom. The van der Waals surface area contributed by atoms with Crippen molar-refractivity contribution in [2.45, 2.75) is 52.4 Å². The molecule has 0 aliphatic rings. The van der Waals surface area contributed by atoms with Crippen molar-refractivity contribution in [2.24, 2.45) is 0 Å². The zero-order chi connectivity index (χ0) is 15.8. The van der Waals surface area contributed by atoms with Gasteiger partial charge < -0.3 is 0 Å². The maximum absolute atomic E-state index is 2.30. The first kappa shape index (κ1) is 17.5. The van der Waals surface area contributed by atoms with Gasteiger partial charge in [0.25, 0.3) is 0 Å². The van der Waals surface area contributed by atoms with Crippen LogP contribution < -0.4 is 0 Å². The van der Waals surface area contributed by atoms with Crippen LogP contribution in [-0.2, 0) is 36.7 Å². The van der Waals surface area contributed by atoms with Crippen molar-refractivity contribution >= 4 is 3.26 Å². The molecular weight excluding hydrogens is 431 g/mol. The molecule has 0 saturated heterocycles. The fourth-order valence-corrected chi connectivity index (χ4v) is 3.80. The van der Waals surface area contributed by atoms with Crippen LogP contribution in [0, 0.1) is 0 Å². The first-order valence-electron chi connectivity index (χ1n) is 8.51.